The number of carbonyl (C=O) groups is 1. The first kappa shape index (κ1) is 18.5. The van der Waals surface area contributed by atoms with Crippen molar-refractivity contribution in [2.24, 2.45) is 0 Å². The summed E-state index contributed by atoms with van der Waals surface area (Å²) in [6.07, 6.45) is -0.186. The van der Waals surface area contributed by atoms with Crippen molar-refractivity contribution in [3.63, 3.8) is 0 Å². The molecule has 6 heteroatoms. The molecule has 2 aromatic carbocycles. The molecule has 3 rings (SSSR count). The Morgan fingerprint density at radius 3 is 2.27 bits per heavy atom. The Morgan fingerprint density at radius 1 is 1.08 bits per heavy atom. The maximum absolute atomic E-state index is 12.5. The van der Waals surface area contributed by atoms with Crippen molar-refractivity contribution in [2.45, 2.75) is 25.5 Å². The maximum atomic E-state index is 12.5. The van der Waals surface area contributed by atoms with Crippen LogP contribution in [0.2, 0.25) is 0 Å². The minimum atomic E-state index is -3.02. The van der Waals surface area contributed by atoms with Gasteiger partial charge >= 0.3 is 0 Å². The fraction of sp³-hybridized carbons (Fsp3) is 0.350. The van der Waals surface area contributed by atoms with Crippen LogP contribution in [0, 0.1) is 0 Å². The van der Waals surface area contributed by atoms with Crippen LogP contribution < -0.4 is 4.74 Å². The van der Waals surface area contributed by atoms with E-state index in [1.54, 1.807) is 14.0 Å². The second-order valence-electron chi connectivity index (χ2n) is 6.66. The van der Waals surface area contributed by atoms with E-state index < -0.39 is 15.9 Å². The van der Waals surface area contributed by atoms with Crippen LogP contribution in [0.15, 0.2) is 54.6 Å². The molecule has 1 saturated heterocycles. The van der Waals surface area contributed by atoms with Crippen LogP contribution >= 0.6 is 0 Å². The predicted molar refractivity (Wildman–Crippen MR) is 102 cm³/mol. The number of benzene rings is 2. The molecule has 2 aromatic rings. The second-order valence-corrected chi connectivity index (χ2v) is 8.89. The molecule has 1 amide bonds. The Bertz CT molecular complexity index is 862. The van der Waals surface area contributed by atoms with Crippen LogP contribution in [-0.4, -0.2) is 49.9 Å². The van der Waals surface area contributed by atoms with Crippen LogP contribution in [0.1, 0.15) is 13.3 Å². The van der Waals surface area contributed by atoms with E-state index >= 15 is 0 Å². The van der Waals surface area contributed by atoms with Crippen LogP contribution in [0.3, 0.4) is 0 Å². The highest BCUT2D eigenvalue weighted by atomic mass is 32.2. The van der Waals surface area contributed by atoms with E-state index in [9.17, 15) is 13.2 Å². The fourth-order valence-electron chi connectivity index (χ4n) is 3.16. The third-order valence-electron chi connectivity index (χ3n) is 4.73. The molecule has 0 aromatic heterocycles. The quantitative estimate of drug-likeness (QED) is 0.808. The van der Waals surface area contributed by atoms with Gasteiger partial charge in [-0.15, -0.1) is 0 Å². The van der Waals surface area contributed by atoms with Gasteiger partial charge in [0.05, 0.1) is 11.5 Å². The molecule has 5 nitrogen and oxygen atoms in total. The van der Waals surface area contributed by atoms with Gasteiger partial charge in [0.1, 0.15) is 5.75 Å². The summed E-state index contributed by atoms with van der Waals surface area (Å²) < 4.78 is 29.0. The normalized spacial score (nSPS) is 19.7. The van der Waals surface area contributed by atoms with Crippen molar-refractivity contribution in [2.75, 3.05) is 18.6 Å². The smallest absolute Gasteiger partial charge is 0.263 e. The number of rotatable bonds is 5. The number of nitrogens with zero attached hydrogens (tertiary/aromatic N) is 1. The van der Waals surface area contributed by atoms with Gasteiger partial charge in [0.25, 0.3) is 5.91 Å². The lowest BCUT2D eigenvalue weighted by atomic mass is 10.1. The lowest BCUT2D eigenvalue weighted by Gasteiger charge is -2.26. The van der Waals surface area contributed by atoms with E-state index in [0.717, 1.165) is 11.1 Å². The molecule has 0 spiro atoms. The number of hydrogen-bond donors (Lipinski definition) is 0. The van der Waals surface area contributed by atoms with Gasteiger partial charge in [0.2, 0.25) is 0 Å². The summed E-state index contributed by atoms with van der Waals surface area (Å²) in [4.78, 5) is 14.0. The lowest BCUT2D eigenvalue weighted by molar-refractivity contribution is -0.138. The van der Waals surface area contributed by atoms with E-state index in [2.05, 4.69) is 0 Å². The Morgan fingerprint density at radius 2 is 1.69 bits per heavy atom. The fourth-order valence-corrected chi connectivity index (χ4v) is 4.93. The summed E-state index contributed by atoms with van der Waals surface area (Å²) in [6, 6.07) is 17.3. The molecule has 26 heavy (non-hydrogen) atoms. The van der Waals surface area contributed by atoms with Crippen LogP contribution in [0.4, 0.5) is 0 Å². The Balaban J connectivity index is 1.62. The average molecular weight is 373 g/mol. The topological polar surface area (TPSA) is 63.7 Å². The standard InChI is InChI=1S/C20H23NO4S/c1-15(20(22)21(2)18-12-13-26(23,24)14-18)25-19-10-8-17(9-11-19)16-6-4-3-5-7-16/h3-11,15,18H,12-14H2,1-2H3/t15-,18+/m1/s1. The van der Waals surface area contributed by atoms with E-state index in [1.165, 1.54) is 4.90 Å². The van der Waals surface area contributed by atoms with Crippen LogP contribution in [0.5, 0.6) is 5.75 Å². The van der Waals surface area contributed by atoms with Crippen LogP contribution in [0.25, 0.3) is 11.1 Å². The Kier molecular flexibility index (Phi) is 5.32. The van der Waals surface area contributed by atoms with E-state index in [1.807, 2.05) is 54.6 Å². The molecule has 1 heterocycles. The number of amides is 1. The van der Waals surface area contributed by atoms with Crippen molar-refractivity contribution in [1.29, 1.82) is 0 Å². The van der Waals surface area contributed by atoms with Gasteiger partial charge in [-0.25, -0.2) is 8.42 Å². The minimum Gasteiger partial charge on any atom is -0.481 e. The zero-order chi connectivity index (χ0) is 18.7. The molecule has 1 fully saturated rings. The highest BCUT2D eigenvalue weighted by molar-refractivity contribution is 7.91. The average Bonchev–Trinajstić information content (AvgIpc) is 3.01. The SMILES string of the molecule is C[C@@H](Oc1ccc(-c2ccccc2)cc1)C(=O)N(C)[C@H]1CCS(=O)(=O)C1. The summed E-state index contributed by atoms with van der Waals surface area (Å²) in [5.74, 6) is 0.580. The Labute approximate surface area is 154 Å². The van der Waals surface area contributed by atoms with E-state index in [0.29, 0.717) is 12.2 Å². The van der Waals surface area contributed by atoms with Crippen molar-refractivity contribution < 1.29 is 17.9 Å². The summed E-state index contributed by atoms with van der Waals surface area (Å²) in [5.41, 5.74) is 2.19. The first-order valence-corrected chi connectivity index (χ1v) is 10.5. The molecule has 0 unspecified atom stereocenters. The van der Waals surface area contributed by atoms with Crippen molar-refractivity contribution in [3.05, 3.63) is 54.6 Å². The number of ether oxygens (including phenoxy) is 1. The molecule has 1 aliphatic rings. The molecular formula is C20H23NO4S. The lowest BCUT2D eigenvalue weighted by Crippen LogP contribution is -2.44. The molecule has 0 radical (unpaired) electrons. The summed E-state index contributed by atoms with van der Waals surface area (Å²) in [5, 5.41) is 0. The highest BCUT2D eigenvalue weighted by Gasteiger charge is 2.34. The molecule has 1 aliphatic heterocycles. The Hall–Kier alpha value is -2.34. The zero-order valence-corrected chi connectivity index (χ0v) is 15.8. The first-order chi connectivity index (χ1) is 12.4. The van der Waals surface area contributed by atoms with Gasteiger partial charge in [0.15, 0.2) is 15.9 Å². The number of hydrogen-bond acceptors (Lipinski definition) is 4. The third kappa shape index (κ3) is 4.25. The highest BCUT2D eigenvalue weighted by Crippen LogP contribution is 2.23. The summed E-state index contributed by atoms with van der Waals surface area (Å²) in [6.45, 7) is 1.69. The molecule has 0 aliphatic carbocycles. The molecule has 0 N–H and O–H groups in total. The molecule has 0 bridgehead atoms. The monoisotopic (exact) mass is 373 g/mol. The number of sulfone groups is 1. The molecular weight excluding hydrogens is 350 g/mol. The zero-order valence-electron chi connectivity index (χ0n) is 15.0. The minimum absolute atomic E-state index is 0.0354. The van der Waals surface area contributed by atoms with Gasteiger partial charge in [-0.05, 0) is 36.6 Å². The van der Waals surface area contributed by atoms with Crippen LogP contribution in [-0.2, 0) is 14.6 Å². The van der Waals surface area contributed by atoms with Gasteiger partial charge in [-0.3, -0.25) is 4.79 Å². The number of likely N-dealkylation sites (N-methyl/N-ethyl adjacent to an activating group) is 1. The van der Waals surface area contributed by atoms with E-state index in [-0.39, 0.29) is 23.5 Å². The molecule has 138 valence electrons. The van der Waals surface area contributed by atoms with E-state index in [4.69, 9.17) is 4.74 Å². The largest absolute Gasteiger partial charge is 0.481 e. The van der Waals surface area contributed by atoms with Crippen molar-refractivity contribution in [1.82, 2.24) is 4.90 Å². The summed E-state index contributed by atoms with van der Waals surface area (Å²) >= 11 is 0. The van der Waals surface area contributed by atoms with Crippen molar-refractivity contribution >= 4 is 15.7 Å². The van der Waals surface area contributed by atoms with Gasteiger partial charge in [-0.2, -0.15) is 0 Å². The van der Waals surface area contributed by atoms with Gasteiger partial charge in [0, 0.05) is 13.1 Å². The molecule has 2 atom stereocenters. The van der Waals surface area contributed by atoms with Gasteiger partial charge in [-0.1, -0.05) is 42.5 Å². The first-order valence-electron chi connectivity index (χ1n) is 8.65. The number of carbonyl (C=O) groups excluding carboxylic acids is 1. The maximum Gasteiger partial charge on any atom is 0.263 e. The second kappa shape index (κ2) is 7.50. The predicted octanol–water partition coefficient (Wildman–Crippen LogP) is 2.77. The van der Waals surface area contributed by atoms with Crippen molar-refractivity contribution in [3.8, 4) is 16.9 Å². The molecule has 0 saturated carbocycles. The third-order valence-corrected chi connectivity index (χ3v) is 6.48. The van der Waals surface area contributed by atoms with Gasteiger partial charge < -0.3 is 9.64 Å². The summed E-state index contributed by atoms with van der Waals surface area (Å²) in [7, 11) is -1.38.